The van der Waals surface area contributed by atoms with E-state index >= 15 is 0 Å². The van der Waals surface area contributed by atoms with Gasteiger partial charge in [0.05, 0.1) is 23.8 Å². The molecule has 7 nitrogen and oxygen atoms in total. The number of rotatable bonds is 5. The lowest BCUT2D eigenvalue weighted by Crippen LogP contribution is -2.40. The molecule has 2 aromatic carbocycles. The molecule has 0 aromatic heterocycles. The predicted molar refractivity (Wildman–Crippen MR) is 117 cm³/mol. The second-order valence-corrected chi connectivity index (χ2v) is 9.27. The first-order valence-electron chi connectivity index (χ1n) is 10.2. The molecule has 1 aliphatic heterocycles. The molecule has 2 bridgehead atoms. The number of ether oxygens (including phenoxy) is 2. The molecule has 2 amide bonds. The minimum atomic E-state index is -0.392. The van der Waals surface area contributed by atoms with Crippen LogP contribution in [0.5, 0.6) is 5.75 Å². The van der Waals surface area contributed by atoms with Crippen LogP contribution in [0.3, 0.4) is 0 Å². The van der Waals surface area contributed by atoms with E-state index in [4.69, 9.17) is 9.47 Å². The highest BCUT2D eigenvalue weighted by molar-refractivity contribution is 9.09. The van der Waals surface area contributed by atoms with E-state index in [1.54, 1.807) is 55.6 Å². The maximum Gasteiger partial charge on any atom is 0.310 e. The quantitative estimate of drug-likeness (QED) is 0.500. The van der Waals surface area contributed by atoms with Crippen LogP contribution in [-0.2, 0) is 14.3 Å². The molecule has 3 fully saturated rings. The molecule has 2 N–H and O–H groups in total. The van der Waals surface area contributed by atoms with E-state index < -0.39 is 5.92 Å². The van der Waals surface area contributed by atoms with Crippen LogP contribution in [0.15, 0.2) is 48.5 Å². The second-order valence-electron chi connectivity index (χ2n) is 8.21. The number of anilines is 2. The molecule has 2 saturated carbocycles. The predicted octanol–water partition coefficient (Wildman–Crippen LogP) is 3.46. The van der Waals surface area contributed by atoms with E-state index in [0.29, 0.717) is 22.7 Å². The van der Waals surface area contributed by atoms with E-state index in [1.165, 1.54) is 0 Å². The zero-order chi connectivity index (χ0) is 21.7. The fourth-order valence-corrected chi connectivity index (χ4v) is 6.21. The Bertz CT molecular complexity index is 1060. The molecule has 1 heterocycles. The van der Waals surface area contributed by atoms with Gasteiger partial charge in [-0.1, -0.05) is 22.0 Å². The first kappa shape index (κ1) is 20.1. The molecule has 31 heavy (non-hydrogen) atoms. The van der Waals surface area contributed by atoms with Crippen molar-refractivity contribution in [3.63, 3.8) is 0 Å². The number of esters is 1. The number of fused-ring (bicyclic) bond motifs is 1. The zero-order valence-corrected chi connectivity index (χ0v) is 18.3. The first-order valence-corrected chi connectivity index (χ1v) is 11.1. The molecule has 1 saturated heterocycles. The largest absolute Gasteiger partial charge is 0.497 e. The summed E-state index contributed by atoms with van der Waals surface area (Å²) in [5, 5.41) is 5.73. The molecule has 2 aromatic rings. The maximum absolute atomic E-state index is 13.0. The number of hydrogen-bond donors (Lipinski definition) is 2. The first-order chi connectivity index (χ1) is 15.0. The fourth-order valence-electron chi connectivity index (χ4n) is 5.17. The number of nitrogens with one attached hydrogen (secondary N) is 2. The Hall–Kier alpha value is -2.87. The molecular formula is C23H21BrN2O5. The summed E-state index contributed by atoms with van der Waals surface area (Å²) >= 11 is 3.62. The van der Waals surface area contributed by atoms with Crippen molar-refractivity contribution in [1.82, 2.24) is 0 Å². The lowest BCUT2D eigenvalue weighted by Gasteiger charge is -2.27. The number of halogens is 1. The van der Waals surface area contributed by atoms with Crippen molar-refractivity contribution in [1.29, 1.82) is 0 Å². The Kier molecular flexibility index (Phi) is 4.97. The van der Waals surface area contributed by atoms with Gasteiger partial charge in [0.2, 0.25) is 5.91 Å². The summed E-state index contributed by atoms with van der Waals surface area (Å²) in [5.74, 6) is -0.564. The third-order valence-corrected chi connectivity index (χ3v) is 7.77. The summed E-state index contributed by atoms with van der Waals surface area (Å²) in [7, 11) is 1.57. The number of benzene rings is 2. The van der Waals surface area contributed by atoms with Gasteiger partial charge in [-0.15, -0.1) is 0 Å². The van der Waals surface area contributed by atoms with E-state index in [0.717, 1.165) is 6.42 Å². The summed E-state index contributed by atoms with van der Waals surface area (Å²) in [6.07, 6.45) is 0.729. The summed E-state index contributed by atoms with van der Waals surface area (Å²) < 4.78 is 10.6. The van der Waals surface area contributed by atoms with Gasteiger partial charge in [-0.05, 0) is 48.7 Å². The smallest absolute Gasteiger partial charge is 0.310 e. The highest BCUT2D eigenvalue weighted by Crippen LogP contribution is 2.60. The van der Waals surface area contributed by atoms with Crippen molar-refractivity contribution in [2.24, 2.45) is 23.7 Å². The number of carbonyl (C=O) groups is 3. The van der Waals surface area contributed by atoms with Crippen LogP contribution in [0.25, 0.3) is 0 Å². The van der Waals surface area contributed by atoms with E-state index in [-0.39, 0.29) is 46.5 Å². The minimum Gasteiger partial charge on any atom is -0.497 e. The molecule has 160 valence electrons. The van der Waals surface area contributed by atoms with Crippen LogP contribution in [0.1, 0.15) is 16.8 Å². The number of alkyl halides is 1. The summed E-state index contributed by atoms with van der Waals surface area (Å²) in [6.45, 7) is 0. The topological polar surface area (TPSA) is 93.7 Å². The third-order valence-electron chi connectivity index (χ3n) is 6.57. The van der Waals surface area contributed by atoms with Crippen molar-refractivity contribution in [3.05, 3.63) is 54.1 Å². The molecule has 0 radical (unpaired) electrons. The number of methoxy groups -OCH3 is 1. The Morgan fingerprint density at radius 1 is 1.06 bits per heavy atom. The van der Waals surface area contributed by atoms with Crippen LogP contribution in [0.4, 0.5) is 11.4 Å². The molecule has 5 rings (SSSR count). The van der Waals surface area contributed by atoms with Crippen LogP contribution < -0.4 is 15.4 Å². The van der Waals surface area contributed by atoms with Crippen molar-refractivity contribution in [2.75, 3.05) is 17.7 Å². The van der Waals surface area contributed by atoms with Crippen molar-refractivity contribution < 1.29 is 23.9 Å². The van der Waals surface area contributed by atoms with Gasteiger partial charge in [0.25, 0.3) is 5.91 Å². The summed E-state index contributed by atoms with van der Waals surface area (Å²) in [6, 6.07) is 13.8. The molecule has 8 heteroatoms. The zero-order valence-electron chi connectivity index (χ0n) is 16.7. The number of hydrogen-bond acceptors (Lipinski definition) is 5. The van der Waals surface area contributed by atoms with Gasteiger partial charge >= 0.3 is 5.97 Å². The standard InChI is InChI=1S/C23H21BrN2O5/c1-30-14-4-2-3-13(9-14)26-21(27)11-5-7-12(8-6-11)25-22(28)17-15-10-16-18(17)23(29)31-20(16)19(15)24/h2-9,15-20H,10H2,1H3,(H,25,28)(H,26,27)/t15-,16-,17-,18-,19+,20+/m1/s1. The molecule has 2 aliphatic carbocycles. The summed E-state index contributed by atoms with van der Waals surface area (Å²) in [5.41, 5.74) is 1.67. The fraction of sp³-hybridized carbons (Fsp3) is 0.348. The highest BCUT2D eigenvalue weighted by Gasteiger charge is 2.67. The Balaban J connectivity index is 1.25. The van der Waals surface area contributed by atoms with Crippen LogP contribution >= 0.6 is 15.9 Å². The Morgan fingerprint density at radius 3 is 2.58 bits per heavy atom. The van der Waals surface area contributed by atoms with Crippen molar-refractivity contribution in [3.8, 4) is 5.75 Å². The molecule has 6 atom stereocenters. The van der Waals surface area contributed by atoms with Crippen molar-refractivity contribution in [2.45, 2.75) is 17.4 Å². The molecule has 3 aliphatic rings. The molecule has 0 unspecified atom stereocenters. The van der Waals surface area contributed by atoms with Gasteiger partial charge in [0.1, 0.15) is 11.9 Å². The van der Waals surface area contributed by atoms with Crippen LogP contribution in [0.2, 0.25) is 0 Å². The van der Waals surface area contributed by atoms with Gasteiger partial charge in [-0.2, -0.15) is 0 Å². The van der Waals surface area contributed by atoms with Gasteiger partial charge < -0.3 is 20.1 Å². The Labute approximate surface area is 187 Å². The lowest BCUT2D eigenvalue weighted by atomic mass is 9.79. The van der Waals surface area contributed by atoms with Gasteiger partial charge in [0.15, 0.2) is 0 Å². The van der Waals surface area contributed by atoms with E-state index in [1.807, 2.05) is 0 Å². The Morgan fingerprint density at radius 2 is 1.84 bits per heavy atom. The normalized spacial score (nSPS) is 30.1. The number of carbonyl (C=O) groups excluding carboxylic acids is 3. The van der Waals surface area contributed by atoms with Crippen LogP contribution in [-0.4, -0.2) is 35.8 Å². The summed E-state index contributed by atoms with van der Waals surface area (Å²) in [4.78, 5) is 37.7. The van der Waals surface area contributed by atoms with Gasteiger partial charge in [0, 0.05) is 28.9 Å². The number of amides is 2. The maximum atomic E-state index is 13.0. The average molecular weight is 485 g/mol. The third kappa shape index (κ3) is 3.39. The van der Waals surface area contributed by atoms with Crippen molar-refractivity contribution >= 4 is 45.1 Å². The van der Waals surface area contributed by atoms with Gasteiger partial charge in [-0.25, -0.2) is 0 Å². The highest BCUT2D eigenvalue weighted by atomic mass is 79.9. The van der Waals surface area contributed by atoms with Gasteiger partial charge in [-0.3, -0.25) is 14.4 Å². The van der Waals surface area contributed by atoms with E-state index in [9.17, 15) is 14.4 Å². The SMILES string of the molecule is COc1cccc(NC(=O)c2ccc(NC(=O)[C@@H]3[C@H]4C[C@H]5[C@H](OC(=O)[C@H]53)[C@H]4Br)cc2)c1. The molecular weight excluding hydrogens is 464 g/mol. The average Bonchev–Trinajstić information content (AvgIpc) is 3.38. The molecule has 0 spiro atoms. The second kappa shape index (κ2) is 7.67. The van der Waals surface area contributed by atoms with Crippen LogP contribution in [0, 0.1) is 23.7 Å². The monoisotopic (exact) mass is 484 g/mol. The minimum absolute atomic E-state index is 0.0265. The van der Waals surface area contributed by atoms with E-state index in [2.05, 4.69) is 26.6 Å². The lowest BCUT2D eigenvalue weighted by molar-refractivity contribution is -0.145.